The monoisotopic (exact) mass is 369 g/mol. The second kappa shape index (κ2) is 7.86. The number of carboxylic acid groups (broad SMARTS) is 1. The molecule has 27 heavy (non-hydrogen) atoms. The molecule has 0 saturated carbocycles. The maximum Gasteiger partial charge on any atom is 0.354 e. The topological polar surface area (TPSA) is 100 Å². The first-order valence-corrected chi connectivity index (χ1v) is 8.41. The van der Waals surface area contributed by atoms with Crippen molar-refractivity contribution in [3.05, 3.63) is 59.4 Å². The quantitative estimate of drug-likeness (QED) is 0.874. The zero-order chi connectivity index (χ0) is 19.4. The molecule has 1 fully saturated rings. The molecule has 0 unspecified atom stereocenters. The average molecular weight is 369 g/mol. The molecule has 1 aliphatic heterocycles. The van der Waals surface area contributed by atoms with Crippen LogP contribution in [0.5, 0.6) is 5.75 Å². The zero-order valence-electron chi connectivity index (χ0n) is 14.8. The number of amides is 2. The second-order valence-electron chi connectivity index (χ2n) is 6.05. The fourth-order valence-corrected chi connectivity index (χ4v) is 2.86. The molecule has 0 aliphatic carbocycles. The standard InChI is InChI=1S/C19H19N3O5/c1-27-15-5-2-13(3-6-15)17(23)21-8-10-22(11-9-21)18(24)14-4-7-16(19(25)26)20-12-14/h2-7,12H,8-11H2,1H3,(H,25,26). The minimum Gasteiger partial charge on any atom is -0.497 e. The Labute approximate surface area is 156 Å². The van der Waals surface area contributed by atoms with Gasteiger partial charge in [-0.05, 0) is 36.4 Å². The van der Waals surface area contributed by atoms with E-state index >= 15 is 0 Å². The smallest absolute Gasteiger partial charge is 0.354 e. The second-order valence-corrected chi connectivity index (χ2v) is 6.05. The number of nitrogens with zero attached hydrogens (tertiary/aromatic N) is 3. The number of hydrogen-bond acceptors (Lipinski definition) is 5. The highest BCUT2D eigenvalue weighted by Crippen LogP contribution is 2.15. The first-order valence-electron chi connectivity index (χ1n) is 8.41. The molecule has 0 spiro atoms. The maximum atomic E-state index is 12.6. The minimum absolute atomic E-state index is 0.0859. The van der Waals surface area contributed by atoms with Crippen molar-refractivity contribution in [1.29, 1.82) is 0 Å². The van der Waals surface area contributed by atoms with Crippen molar-refractivity contribution in [3.63, 3.8) is 0 Å². The van der Waals surface area contributed by atoms with Gasteiger partial charge in [0.05, 0.1) is 12.7 Å². The number of piperazine rings is 1. The number of pyridine rings is 1. The van der Waals surface area contributed by atoms with Gasteiger partial charge in [0.2, 0.25) is 0 Å². The van der Waals surface area contributed by atoms with Gasteiger partial charge in [-0.3, -0.25) is 9.59 Å². The Morgan fingerprint density at radius 2 is 1.41 bits per heavy atom. The molecule has 0 atom stereocenters. The summed E-state index contributed by atoms with van der Waals surface area (Å²) in [5.41, 5.74) is 0.792. The van der Waals surface area contributed by atoms with E-state index in [2.05, 4.69) is 4.98 Å². The number of carbonyl (C=O) groups is 3. The lowest BCUT2D eigenvalue weighted by Crippen LogP contribution is -2.50. The van der Waals surface area contributed by atoms with Crippen LogP contribution in [-0.4, -0.2) is 71.0 Å². The van der Waals surface area contributed by atoms with Crippen molar-refractivity contribution >= 4 is 17.8 Å². The molecule has 1 aromatic carbocycles. The molecule has 8 heteroatoms. The number of methoxy groups -OCH3 is 1. The van der Waals surface area contributed by atoms with Gasteiger partial charge in [0.15, 0.2) is 0 Å². The Hall–Kier alpha value is -3.42. The van der Waals surface area contributed by atoms with E-state index in [0.29, 0.717) is 43.1 Å². The Balaban J connectivity index is 1.59. The van der Waals surface area contributed by atoms with E-state index in [9.17, 15) is 14.4 Å². The number of carboxylic acids is 1. The Morgan fingerprint density at radius 3 is 1.85 bits per heavy atom. The molecule has 8 nitrogen and oxygen atoms in total. The van der Waals surface area contributed by atoms with Gasteiger partial charge in [-0.2, -0.15) is 0 Å². The van der Waals surface area contributed by atoms with Crippen LogP contribution >= 0.6 is 0 Å². The lowest BCUT2D eigenvalue weighted by atomic mass is 10.1. The molecule has 1 aromatic heterocycles. The van der Waals surface area contributed by atoms with Crippen LogP contribution in [0.25, 0.3) is 0 Å². The Bertz CT molecular complexity index is 841. The highest BCUT2D eigenvalue weighted by atomic mass is 16.5. The van der Waals surface area contributed by atoms with Crippen LogP contribution in [0, 0.1) is 0 Å². The highest BCUT2D eigenvalue weighted by molar-refractivity contribution is 5.96. The summed E-state index contributed by atoms with van der Waals surface area (Å²) in [7, 11) is 1.57. The predicted molar refractivity (Wildman–Crippen MR) is 96.0 cm³/mol. The Kier molecular flexibility index (Phi) is 5.35. The van der Waals surface area contributed by atoms with E-state index in [-0.39, 0.29) is 17.5 Å². The lowest BCUT2D eigenvalue weighted by Gasteiger charge is -2.34. The fourth-order valence-electron chi connectivity index (χ4n) is 2.86. The van der Waals surface area contributed by atoms with E-state index in [0.717, 1.165) is 0 Å². The van der Waals surface area contributed by atoms with Crippen LogP contribution in [0.2, 0.25) is 0 Å². The Morgan fingerprint density at radius 1 is 0.889 bits per heavy atom. The van der Waals surface area contributed by atoms with Crippen molar-refractivity contribution in [3.8, 4) is 5.75 Å². The van der Waals surface area contributed by atoms with E-state index in [1.807, 2.05) is 0 Å². The van der Waals surface area contributed by atoms with E-state index in [4.69, 9.17) is 9.84 Å². The van der Waals surface area contributed by atoms with Crippen LogP contribution in [0.1, 0.15) is 31.2 Å². The summed E-state index contributed by atoms with van der Waals surface area (Å²) in [4.78, 5) is 43.0. The SMILES string of the molecule is COc1ccc(C(=O)N2CCN(C(=O)c3ccc(C(=O)O)nc3)CC2)cc1. The number of carbonyl (C=O) groups excluding carboxylic acids is 2. The molecular formula is C19H19N3O5. The number of ether oxygens (including phenoxy) is 1. The third kappa shape index (κ3) is 4.05. The lowest BCUT2D eigenvalue weighted by molar-refractivity contribution is 0.0535. The van der Waals surface area contributed by atoms with Gasteiger partial charge >= 0.3 is 5.97 Å². The maximum absolute atomic E-state index is 12.6. The molecule has 1 aliphatic rings. The van der Waals surface area contributed by atoms with Crippen molar-refractivity contribution in [2.24, 2.45) is 0 Å². The average Bonchev–Trinajstić information content (AvgIpc) is 2.73. The highest BCUT2D eigenvalue weighted by Gasteiger charge is 2.25. The number of aromatic carboxylic acids is 1. The molecule has 2 heterocycles. The van der Waals surface area contributed by atoms with E-state index in [1.165, 1.54) is 18.3 Å². The minimum atomic E-state index is -1.14. The summed E-state index contributed by atoms with van der Waals surface area (Å²) in [5, 5.41) is 8.87. The van der Waals surface area contributed by atoms with E-state index in [1.54, 1.807) is 41.2 Å². The van der Waals surface area contributed by atoms with Crippen molar-refractivity contribution in [1.82, 2.24) is 14.8 Å². The van der Waals surface area contributed by atoms with Gasteiger partial charge in [0.25, 0.3) is 11.8 Å². The summed E-state index contributed by atoms with van der Waals surface area (Å²) in [6, 6.07) is 9.66. The summed E-state index contributed by atoms with van der Waals surface area (Å²) in [5.74, 6) is -0.766. The van der Waals surface area contributed by atoms with Crippen LogP contribution in [0.4, 0.5) is 0 Å². The van der Waals surface area contributed by atoms with Crippen LogP contribution in [0.3, 0.4) is 0 Å². The van der Waals surface area contributed by atoms with Crippen molar-refractivity contribution in [2.45, 2.75) is 0 Å². The molecule has 2 aromatic rings. The zero-order valence-corrected chi connectivity index (χ0v) is 14.8. The molecule has 0 radical (unpaired) electrons. The molecule has 3 rings (SSSR count). The largest absolute Gasteiger partial charge is 0.497 e. The summed E-state index contributed by atoms with van der Waals surface area (Å²) < 4.78 is 5.09. The first-order chi connectivity index (χ1) is 13.0. The molecular weight excluding hydrogens is 350 g/mol. The number of hydrogen-bond donors (Lipinski definition) is 1. The van der Waals surface area contributed by atoms with E-state index < -0.39 is 5.97 Å². The molecule has 0 bridgehead atoms. The van der Waals surface area contributed by atoms with Gasteiger partial charge in [-0.15, -0.1) is 0 Å². The first kappa shape index (κ1) is 18.4. The van der Waals surface area contributed by atoms with Crippen LogP contribution in [-0.2, 0) is 0 Å². The summed E-state index contributed by atoms with van der Waals surface area (Å²) >= 11 is 0. The molecule has 1 saturated heterocycles. The number of aromatic nitrogens is 1. The van der Waals surface area contributed by atoms with Gasteiger partial charge in [0, 0.05) is 37.9 Å². The number of benzene rings is 1. The third-order valence-electron chi connectivity index (χ3n) is 4.42. The van der Waals surface area contributed by atoms with Gasteiger partial charge < -0.3 is 19.6 Å². The molecule has 1 N–H and O–H groups in total. The van der Waals surface area contributed by atoms with Crippen molar-refractivity contribution in [2.75, 3.05) is 33.3 Å². The van der Waals surface area contributed by atoms with Gasteiger partial charge in [-0.1, -0.05) is 0 Å². The fraction of sp³-hybridized carbons (Fsp3) is 0.263. The van der Waals surface area contributed by atoms with Crippen molar-refractivity contribution < 1.29 is 24.2 Å². The molecule has 2 amide bonds. The molecule has 140 valence electrons. The van der Waals surface area contributed by atoms with Crippen LogP contribution < -0.4 is 4.74 Å². The van der Waals surface area contributed by atoms with Crippen LogP contribution in [0.15, 0.2) is 42.6 Å². The normalized spacial score (nSPS) is 14.0. The van der Waals surface area contributed by atoms with Gasteiger partial charge in [-0.25, -0.2) is 9.78 Å². The predicted octanol–water partition coefficient (Wildman–Crippen LogP) is 1.39. The third-order valence-corrected chi connectivity index (χ3v) is 4.42. The summed E-state index contributed by atoms with van der Waals surface area (Å²) in [6.07, 6.45) is 1.26. The van der Waals surface area contributed by atoms with Gasteiger partial charge in [0.1, 0.15) is 11.4 Å². The summed E-state index contributed by atoms with van der Waals surface area (Å²) in [6.45, 7) is 1.66. The number of rotatable bonds is 4.